The number of halogens is 1. The minimum Gasteiger partial charge on any atom is -0.478 e. The van der Waals surface area contributed by atoms with Crippen LogP contribution in [0.3, 0.4) is 0 Å². The number of nitrogens with one attached hydrogen (secondary N) is 1. The second-order valence-electron chi connectivity index (χ2n) is 11.2. The number of rotatable bonds is 19. The molecule has 1 unspecified atom stereocenters. The molecule has 0 radical (unpaired) electrons. The molecule has 7 heteroatoms. The van der Waals surface area contributed by atoms with Gasteiger partial charge in [-0.2, -0.15) is 5.10 Å². The number of hydrogen-bond acceptors (Lipinski definition) is 4. The molecule has 0 saturated carbocycles. The molecule has 0 saturated heterocycles. The third-order valence-electron chi connectivity index (χ3n) is 6.69. The normalized spacial score (nSPS) is 11.2. The first kappa shape index (κ1) is 50.3. The van der Waals surface area contributed by atoms with Crippen LogP contribution in [0.25, 0.3) is 17.5 Å². The molecular formula is C42H73ClN4O2. The zero-order valence-corrected chi connectivity index (χ0v) is 34.2. The van der Waals surface area contributed by atoms with Crippen molar-refractivity contribution in [2.75, 3.05) is 26.2 Å². The third kappa shape index (κ3) is 27.4. The molecule has 0 spiro atoms. The Morgan fingerprint density at radius 3 is 2.08 bits per heavy atom. The zero-order chi connectivity index (χ0) is 37.9. The number of nitrogens with zero attached hydrogens (tertiary/aromatic N) is 3. The van der Waals surface area contributed by atoms with Gasteiger partial charge in [0.1, 0.15) is 0 Å². The van der Waals surface area contributed by atoms with Crippen molar-refractivity contribution in [3.63, 3.8) is 0 Å². The number of ether oxygens (including phenoxy) is 1. The molecule has 0 bridgehead atoms. The van der Waals surface area contributed by atoms with E-state index in [0.717, 1.165) is 80.8 Å². The van der Waals surface area contributed by atoms with Crippen LogP contribution in [0.5, 0.6) is 5.88 Å². The van der Waals surface area contributed by atoms with Gasteiger partial charge in [-0.25, -0.2) is 4.68 Å². The van der Waals surface area contributed by atoms with Gasteiger partial charge in [0.25, 0.3) is 0 Å². The fraction of sp³-hybridized carbons (Fsp3) is 0.571. The number of allylic oxidation sites excluding steroid dienone is 6. The van der Waals surface area contributed by atoms with Crippen LogP contribution in [0.2, 0.25) is 5.02 Å². The summed E-state index contributed by atoms with van der Waals surface area (Å²) in [7, 11) is 0. The van der Waals surface area contributed by atoms with Gasteiger partial charge in [0.05, 0.1) is 12.3 Å². The number of carbonyl (C=O) groups excluding carboxylic acids is 1. The first-order chi connectivity index (χ1) is 23.7. The summed E-state index contributed by atoms with van der Waals surface area (Å²) in [4.78, 5) is 12.9. The molecular weight excluding hydrogens is 628 g/mol. The summed E-state index contributed by atoms with van der Waals surface area (Å²) in [6.45, 7) is 32.6. The van der Waals surface area contributed by atoms with Gasteiger partial charge in [-0.1, -0.05) is 125 Å². The highest BCUT2D eigenvalue weighted by Crippen LogP contribution is 2.27. The summed E-state index contributed by atoms with van der Waals surface area (Å²) in [5.41, 5.74) is 2.96. The first-order valence-corrected chi connectivity index (χ1v) is 19.1. The Morgan fingerprint density at radius 1 is 0.959 bits per heavy atom. The van der Waals surface area contributed by atoms with Crippen LogP contribution < -0.4 is 10.1 Å². The quantitative estimate of drug-likeness (QED) is 0.117. The molecule has 0 aliphatic rings. The van der Waals surface area contributed by atoms with Crippen LogP contribution in [0, 0.1) is 12.8 Å². The Hall–Kier alpha value is -3.09. The van der Waals surface area contributed by atoms with Crippen LogP contribution in [0.15, 0.2) is 67.3 Å². The monoisotopic (exact) mass is 701 g/mol. The summed E-state index contributed by atoms with van der Waals surface area (Å²) >= 11 is 6.16. The van der Waals surface area contributed by atoms with E-state index in [4.69, 9.17) is 16.3 Å². The minimum atomic E-state index is 0.355. The molecule has 49 heavy (non-hydrogen) atoms. The number of amides is 1. The summed E-state index contributed by atoms with van der Waals surface area (Å²) in [5, 5.41) is 8.26. The van der Waals surface area contributed by atoms with Crippen LogP contribution in [-0.4, -0.2) is 53.4 Å². The summed E-state index contributed by atoms with van der Waals surface area (Å²) in [5.74, 6) is 1.38. The van der Waals surface area contributed by atoms with E-state index >= 15 is 0 Å². The van der Waals surface area contributed by atoms with Gasteiger partial charge >= 0.3 is 0 Å². The van der Waals surface area contributed by atoms with E-state index < -0.39 is 0 Å². The van der Waals surface area contributed by atoms with E-state index in [-0.39, 0.29) is 0 Å². The molecule has 2 rings (SSSR count). The standard InChI is InChI=1S/C19H23ClN2O.C13H28N2O.C6H10.2C2H6/c1-4-6-7-8-9-22-19(23-10-5-2)14-18(21-22)16-11-15(3)12-17(20)13-16;1-5-15(6-2)9-7-8-13(14-11-16)10-12(3)4;1-3-5-6-4-2;2*1-2/h6-9,11-14H,4-5,10H2,1-3H3;11-13H,5-10H2,1-4H3,(H,14,16);3,5-6H,1,4H2,2H3;2*1-2H3/b7-6+,9-8+;;6-5+;;. The molecule has 1 atom stereocenters. The molecule has 1 aromatic carbocycles. The predicted octanol–water partition coefficient (Wildman–Crippen LogP) is 12.2. The predicted molar refractivity (Wildman–Crippen MR) is 220 cm³/mol. The van der Waals surface area contributed by atoms with E-state index in [9.17, 15) is 4.79 Å². The average Bonchev–Trinajstić information content (AvgIpc) is 3.51. The third-order valence-corrected chi connectivity index (χ3v) is 6.91. The van der Waals surface area contributed by atoms with Crippen molar-refractivity contribution in [2.45, 2.75) is 128 Å². The first-order valence-electron chi connectivity index (χ1n) is 18.7. The Labute approximate surface area is 307 Å². The maximum atomic E-state index is 10.5. The lowest BCUT2D eigenvalue weighted by molar-refractivity contribution is -0.110. The fourth-order valence-electron chi connectivity index (χ4n) is 4.44. The van der Waals surface area contributed by atoms with E-state index in [2.05, 4.69) is 88.6 Å². The van der Waals surface area contributed by atoms with Crippen LogP contribution in [0.1, 0.15) is 120 Å². The SMILES string of the molecule is C=C/C=C/CC.CC.CC.CC/C=C/C=C/n1nc(-c2cc(C)cc(Cl)c2)cc1OCCC.CCN(CC)CCCC(CC(C)C)NC=O. The summed E-state index contributed by atoms with van der Waals surface area (Å²) in [6.07, 6.45) is 21.0. The van der Waals surface area contributed by atoms with Crippen molar-refractivity contribution in [3.05, 3.63) is 77.9 Å². The molecule has 1 amide bonds. The number of carbonyl (C=O) groups is 1. The lowest BCUT2D eigenvalue weighted by Gasteiger charge is -2.21. The molecule has 2 aromatic rings. The Kier molecular flexibility index (Phi) is 37.1. The van der Waals surface area contributed by atoms with Gasteiger partial charge < -0.3 is 15.0 Å². The second-order valence-corrected chi connectivity index (χ2v) is 11.6. The van der Waals surface area contributed by atoms with Crippen molar-refractivity contribution in [1.29, 1.82) is 0 Å². The van der Waals surface area contributed by atoms with Crippen LogP contribution >= 0.6 is 11.6 Å². The van der Waals surface area contributed by atoms with E-state index in [1.54, 1.807) is 10.8 Å². The molecule has 0 fully saturated rings. The van der Waals surface area contributed by atoms with Gasteiger partial charge in [-0.05, 0) is 101 Å². The number of aryl methyl sites for hydroxylation is 1. The largest absolute Gasteiger partial charge is 0.478 e. The van der Waals surface area contributed by atoms with Crippen molar-refractivity contribution >= 4 is 24.2 Å². The molecule has 0 aliphatic heterocycles. The molecule has 6 nitrogen and oxygen atoms in total. The number of benzene rings is 1. The Balaban J connectivity index is -0.000000707. The molecule has 1 aromatic heterocycles. The van der Waals surface area contributed by atoms with Crippen molar-refractivity contribution in [3.8, 4) is 17.1 Å². The second kappa shape index (κ2) is 36.2. The highest BCUT2D eigenvalue weighted by Gasteiger charge is 2.11. The highest BCUT2D eigenvalue weighted by atomic mass is 35.5. The Morgan fingerprint density at radius 2 is 1.59 bits per heavy atom. The van der Waals surface area contributed by atoms with Crippen LogP contribution in [-0.2, 0) is 4.79 Å². The van der Waals surface area contributed by atoms with E-state index in [0.29, 0.717) is 23.6 Å². The van der Waals surface area contributed by atoms with Crippen molar-refractivity contribution < 1.29 is 9.53 Å². The van der Waals surface area contributed by atoms with Gasteiger partial charge in [-0.15, -0.1) is 0 Å². The fourth-order valence-corrected chi connectivity index (χ4v) is 4.73. The van der Waals surface area contributed by atoms with Gasteiger partial charge in [0.15, 0.2) is 0 Å². The molecule has 1 heterocycles. The van der Waals surface area contributed by atoms with Crippen molar-refractivity contribution in [2.24, 2.45) is 5.92 Å². The molecule has 0 aliphatic carbocycles. The van der Waals surface area contributed by atoms with E-state index in [1.807, 2.05) is 77.2 Å². The summed E-state index contributed by atoms with van der Waals surface area (Å²) < 4.78 is 7.56. The minimum absolute atomic E-state index is 0.355. The van der Waals surface area contributed by atoms with Crippen molar-refractivity contribution in [1.82, 2.24) is 20.0 Å². The lowest BCUT2D eigenvalue weighted by atomic mass is 10.00. The van der Waals surface area contributed by atoms with Gasteiger partial charge in [0, 0.05) is 28.9 Å². The zero-order valence-electron chi connectivity index (χ0n) is 33.4. The number of aromatic nitrogens is 2. The average molecular weight is 702 g/mol. The van der Waals surface area contributed by atoms with Gasteiger partial charge in [0.2, 0.25) is 12.3 Å². The molecule has 280 valence electrons. The Bertz CT molecular complexity index is 1110. The lowest BCUT2D eigenvalue weighted by Crippen LogP contribution is -2.31. The smallest absolute Gasteiger partial charge is 0.216 e. The summed E-state index contributed by atoms with van der Waals surface area (Å²) in [6, 6.07) is 8.24. The maximum Gasteiger partial charge on any atom is 0.216 e. The highest BCUT2D eigenvalue weighted by molar-refractivity contribution is 6.30. The molecule has 1 N–H and O–H groups in total. The van der Waals surface area contributed by atoms with Crippen LogP contribution in [0.4, 0.5) is 0 Å². The number of hydrogen-bond donors (Lipinski definition) is 1. The van der Waals surface area contributed by atoms with Gasteiger partial charge in [-0.3, -0.25) is 4.79 Å². The van der Waals surface area contributed by atoms with E-state index in [1.165, 1.54) is 6.42 Å². The topological polar surface area (TPSA) is 59.4 Å². The maximum absolute atomic E-state index is 10.5.